The average Bonchev–Trinajstić information content (AvgIpc) is 2.58. The molecule has 0 amide bonds. The lowest BCUT2D eigenvalue weighted by molar-refractivity contribution is 0.0770. The second kappa shape index (κ2) is 8.18. The molecule has 2 rings (SSSR count). The lowest BCUT2D eigenvalue weighted by atomic mass is 10.1. The highest BCUT2D eigenvalue weighted by Gasteiger charge is 2.16. The molecule has 2 aromatic rings. The molecule has 0 spiro atoms. The van der Waals surface area contributed by atoms with Crippen LogP contribution in [0, 0.1) is 0 Å². The van der Waals surface area contributed by atoms with E-state index in [1.54, 1.807) is 21.0 Å². The van der Waals surface area contributed by atoms with Gasteiger partial charge in [-0.1, -0.05) is 36.4 Å². The minimum atomic E-state index is -0.739. The molecule has 1 atom stereocenters. The van der Waals surface area contributed by atoms with E-state index in [0.29, 0.717) is 18.9 Å². The molecule has 0 bridgehead atoms. The fourth-order valence-electron chi connectivity index (χ4n) is 2.33. The van der Waals surface area contributed by atoms with Gasteiger partial charge in [-0.25, -0.2) is 0 Å². The first kappa shape index (κ1) is 18.3. The van der Waals surface area contributed by atoms with Crippen LogP contribution < -0.4 is 14.8 Å². The maximum Gasteiger partial charge on any atom is 0.161 e. The minimum absolute atomic E-state index is 0.105. The zero-order valence-corrected chi connectivity index (χ0v) is 14.9. The third-order valence-electron chi connectivity index (χ3n) is 3.77. The van der Waals surface area contributed by atoms with Crippen molar-refractivity contribution in [2.24, 2.45) is 0 Å². The van der Waals surface area contributed by atoms with Gasteiger partial charge in [-0.05, 0) is 44.0 Å². The van der Waals surface area contributed by atoms with Gasteiger partial charge in [-0.2, -0.15) is 0 Å². The molecule has 4 heteroatoms. The maximum absolute atomic E-state index is 9.83. The van der Waals surface area contributed by atoms with Crippen LogP contribution in [0.2, 0.25) is 0 Å². The molecule has 0 aliphatic carbocycles. The van der Waals surface area contributed by atoms with E-state index >= 15 is 0 Å². The van der Waals surface area contributed by atoms with E-state index in [9.17, 15) is 5.11 Å². The fraction of sp³-hybridized carbons (Fsp3) is 0.400. The van der Waals surface area contributed by atoms with Gasteiger partial charge in [0.05, 0.1) is 12.7 Å². The van der Waals surface area contributed by atoms with Crippen LogP contribution in [-0.2, 0) is 6.61 Å². The van der Waals surface area contributed by atoms with E-state index in [-0.39, 0.29) is 6.04 Å². The number of hydrogen-bond acceptors (Lipinski definition) is 4. The maximum atomic E-state index is 9.83. The monoisotopic (exact) mass is 329 g/mol. The van der Waals surface area contributed by atoms with Gasteiger partial charge in [-0.15, -0.1) is 0 Å². The summed E-state index contributed by atoms with van der Waals surface area (Å²) in [6.45, 7) is 6.65. The minimum Gasteiger partial charge on any atom is -0.493 e. The van der Waals surface area contributed by atoms with E-state index in [0.717, 1.165) is 16.9 Å². The first-order chi connectivity index (χ1) is 11.4. The summed E-state index contributed by atoms with van der Waals surface area (Å²) >= 11 is 0. The molecule has 0 radical (unpaired) electrons. The normalized spacial score (nSPS) is 12.7. The van der Waals surface area contributed by atoms with Crippen LogP contribution in [0.15, 0.2) is 48.5 Å². The van der Waals surface area contributed by atoms with Crippen LogP contribution in [0.25, 0.3) is 0 Å². The molecule has 0 saturated heterocycles. The quantitative estimate of drug-likeness (QED) is 0.775. The molecular weight excluding hydrogens is 302 g/mol. The largest absolute Gasteiger partial charge is 0.493 e. The molecule has 0 saturated carbocycles. The standard InChI is InChI=1S/C20H27NO3/c1-15(21-14-20(2,3)22)17-10-11-18(19(12-17)23-4)24-13-16-8-6-5-7-9-16/h5-12,15,21-22H,13-14H2,1-4H3. The Bertz CT molecular complexity index is 635. The Morgan fingerprint density at radius 3 is 2.42 bits per heavy atom. The Kier molecular flexibility index (Phi) is 6.23. The summed E-state index contributed by atoms with van der Waals surface area (Å²) in [4.78, 5) is 0. The second-order valence-corrected chi connectivity index (χ2v) is 6.60. The first-order valence-electron chi connectivity index (χ1n) is 8.19. The summed E-state index contributed by atoms with van der Waals surface area (Å²) < 4.78 is 11.3. The van der Waals surface area contributed by atoms with Crippen LogP contribution in [0.4, 0.5) is 0 Å². The van der Waals surface area contributed by atoms with Crippen molar-refractivity contribution in [2.45, 2.75) is 39.0 Å². The number of ether oxygens (including phenoxy) is 2. The molecule has 0 aliphatic rings. The highest BCUT2D eigenvalue weighted by Crippen LogP contribution is 2.31. The molecule has 1 unspecified atom stereocenters. The summed E-state index contributed by atoms with van der Waals surface area (Å²) in [6, 6.07) is 16.1. The third kappa shape index (κ3) is 5.55. The Labute approximate surface area is 144 Å². The van der Waals surface area contributed by atoms with E-state index in [1.165, 1.54) is 0 Å². The molecule has 0 aliphatic heterocycles. The van der Waals surface area contributed by atoms with Gasteiger partial charge in [0.25, 0.3) is 0 Å². The number of benzene rings is 2. The zero-order chi connectivity index (χ0) is 17.6. The summed E-state index contributed by atoms with van der Waals surface area (Å²) in [7, 11) is 1.64. The average molecular weight is 329 g/mol. The van der Waals surface area contributed by atoms with Crippen molar-refractivity contribution in [2.75, 3.05) is 13.7 Å². The Morgan fingerprint density at radius 2 is 1.79 bits per heavy atom. The van der Waals surface area contributed by atoms with E-state index in [2.05, 4.69) is 12.2 Å². The van der Waals surface area contributed by atoms with E-state index in [1.807, 2.05) is 48.5 Å². The lowest BCUT2D eigenvalue weighted by Gasteiger charge is -2.22. The van der Waals surface area contributed by atoms with Gasteiger partial charge < -0.3 is 19.9 Å². The third-order valence-corrected chi connectivity index (χ3v) is 3.77. The molecule has 4 nitrogen and oxygen atoms in total. The molecule has 0 aromatic heterocycles. The van der Waals surface area contributed by atoms with Gasteiger partial charge in [0.1, 0.15) is 6.61 Å². The first-order valence-corrected chi connectivity index (χ1v) is 8.19. The summed E-state index contributed by atoms with van der Waals surface area (Å²) in [5.41, 5.74) is 1.46. The van der Waals surface area contributed by atoms with Crippen LogP contribution >= 0.6 is 0 Å². The van der Waals surface area contributed by atoms with Crippen molar-refractivity contribution in [3.63, 3.8) is 0 Å². The Hall–Kier alpha value is -2.04. The van der Waals surface area contributed by atoms with Crippen LogP contribution in [0.5, 0.6) is 11.5 Å². The summed E-state index contributed by atoms with van der Waals surface area (Å²) in [6.07, 6.45) is 0. The molecule has 2 aromatic carbocycles. The number of rotatable bonds is 8. The summed E-state index contributed by atoms with van der Waals surface area (Å²) in [5.74, 6) is 1.43. The van der Waals surface area contributed by atoms with Gasteiger partial charge >= 0.3 is 0 Å². The van der Waals surface area contributed by atoms with Crippen molar-refractivity contribution in [1.82, 2.24) is 5.32 Å². The van der Waals surface area contributed by atoms with Gasteiger partial charge in [-0.3, -0.25) is 0 Å². The number of nitrogens with one attached hydrogen (secondary N) is 1. The highest BCUT2D eigenvalue weighted by atomic mass is 16.5. The van der Waals surface area contributed by atoms with Crippen LogP contribution in [0.1, 0.15) is 37.9 Å². The molecule has 0 fully saturated rings. The lowest BCUT2D eigenvalue weighted by Crippen LogP contribution is -2.36. The smallest absolute Gasteiger partial charge is 0.161 e. The fourth-order valence-corrected chi connectivity index (χ4v) is 2.33. The summed E-state index contributed by atoms with van der Waals surface area (Å²) in [5, 5.41) is 13.2. The van der Waals surface area contributed by atoms with Gasteiger partial charge in [0, 0.05) is 12.6 Å². The van der Waals surface area contributed by atoms with Crippen molar-refractivity contribution < 1.29 is 14.6 Å². The highest BCUT2D eigenvalue weighted by molar-refractivity contribution is 5.44. The van der Waals surface area contributed by atoms with Crippen LogP contribution in [0.3, 0.4) is 0 Å². The topological polar surface area (TPSA) is 50.7 Å². The van der Waals surface area contributed by atoms with Crippen molar-refractivity contribution in [3.05, 3.63) is 59.7 Å². The van der Waals surface area contributed by atoms with Crippen molar-refractivity contribution in [1.29, 1.82) is 0 Å². The SMILES string of the molecule is COc1cc(C(C)NCC(C)(C)O)ccc1OCc1ccccc1. The number of aliphatic hydroxyl groups is 1. The van der Waals surface area contributed by atoms with E-state index < -0.39 is 5.60 Å². The van der Waals surface area contributed by atoms with Gasteiger partial charge in [0.15, 0.2) is 11.5 Å². The Morgan fingerprint density at radius 1 is 1.08 bits per heavy atom. The number of hydrogen-bond donors (Lipinski definition) is 2. The second-order valence-electron chi connectivity index (χ2n) is 6.60. The van der Waals surface area contributed by atoms with Gasteiger partial charge in [0.2, 0.25) is 0 Å². The van der Waals surface area contributed by atoms with Crippen LogP contribution in [-0.4, -0.2) is 24.4 Å². The van der Waals surface area contributed by atoms with E-state index in [4.69, 9.17) is 9.47 Å². The van der Waals surface area contributed by atoms with Crippen molar-refractivity contribution >= 4 is 0 Å². The predicted octanol–water partition coefficient (Wildman–Crippen LogP) is 3.70. The molecule has 130 valence electrons. The molecule has 0 heterocycles. The predicted molar refractivity (Wildman–Crippen MR) is 96.5 cm³/mol. The molecular formula is C20H27NO3. The zero-order valence-electron chi connectivity index (χ0n) is 14.9. The Balaban J connectivity index is 2.04. The molecule has 24 heavy (non-hydrogen) atoms. The van der Waals surface area contributed by atoms with Crippen molar-refractivity contribution in [3.8, 4) is 11.5 Å². The molecule has 2 N–H and O–H groups in total. The number of methoxy groups -OCH3 is 1.